The molecule has 0 saturated carbocycles. The Hall–Kier alpha value is -1.91. The number of hydrogen-bond acceptors (Lipinski definition) is 4. The van der Waals surface area contributed by atoms with E-state index in [1.807, 2.05) is 12.1 Å². The topological polar surface area (TPSA) is 41.9 Å². The highest BCUT2D eigenvalue weighted by molar-refractivity contribution is 5.85. The number of ether oxygens (including phenoxy) is 2. The van der Waals surface area contributed by atoms with Crippen LogP contribution >= 0.6 is 12.4 Å². The number of hydrogen-bond donors (Lipinski definition) is 1. The number of phenols is 1. The number of rotatable bonds is 4. The zero-order valence-electron chi connectivity index (χ0n) is 17.3. The number of benzene rings is 2. The van der Waals surface area contributed by atoms with Crippen molar-refractivity contribution in [1.29, 1.82) is 0 Å². The molecular weight excluding hydrogens is 374 g/mol. The van der Waals surface area contributed by atoms with E-state index in [4.69, 9.17) is 9.47 Å². The van der Waals surface area contributed by atoms with Crippen LogP contribution in [0, 0.1) is 5.92 Å². The van der Waals surface area contributed by atoms with Crippen LogP contribution in [0.1, 0.15) is 36.1 Å². The molecule has 1 aliphatic rings. The van der Waals surface area contributed by atoms with Gasteiger partial charge in [0.25, 0.3) is 0 Å². The van der Waals surface area contributed by atoms with Crippen molar-refractivity contribution >= 4 is 12.4 Å². The second kappa shape index (κ2) is 10.0. The maximum Gasteiger partial charge on any atom is 0.165 e. The minimum absolute atomic E-state index is 0. The second-order valence-electron chi connectivity index (χ2n) is 7.77. The first kappa shape index (κ1) is 22.4. The van der Waals surface area contributed by atoms with E-state index in [1.54, 1.807) is 20.3 Å². The predicted molar refractivity (Wildman–Crippen MR) is 116 cm³/mol. The molecule has 0 radical (unpaired) electrons. The van der Waals surface area contributed by atoms with Crippen molar-refractivity contribution in [2.24, 2.45) is 5.92 Å². The molecule has 28 heavy (non-hydrogen) atoms. The lowest BCUT2D eigenvalue weighted by molar-refractivity contribution is 0.233. The first-order valence-electron chi connectivity index (χ1n) is 9.77. The lowest BCUT2D eigenvalue weighted by Crippen LogP contribution is -2.31. The Morgan fingerprint density at radius 2 is 1.68 bits per heavy atom. The summed E-state index contributed by atoms with van der Waals surface area (Å²) in [4.78, 5) is 2.49. The van der Waals surface area contributed by atoms with E-state index in [0.29, 0.717) is 11.7 Å². The number of aromatic hydroxyl groups is 1. The summed E-state index contributed by atoms with van der Waals surface area (Å²) >= 11 is 0. The molecule has 1 heterocycles. The minimum Gasteiger partial charge on any atom is -0.508 e. The normalized spacial score (nSPS) is 14.6. The van der Waals surface area contributed by atoms with E-state index in [2.05, 4.69) is 30.9 Å². The number of halogens is 1. The van der Waals surface area contributed by atoms with Crippen LogP contribution in [0.3, 0.4) is 0 Å². The van der Waals surface area contributed by atoms with Gasteiger partial charge in [0.05, 0.1) is 14.2 Å². The van der Waals surface area contributed by atoms with E-state index in [9.17, 15) is 5.11 Å². The number of aryl methyl sites for hydroxylation is 2. The highest BCUT2D eigenvalue weighted by Gasteiger charge is 2.20. The van der Waals surface area contributed by atoms with Gasteiger partial charge in [0.15, 0.2) is 11.5 Å². The van der Waals surface area contributed by atoms with Crippen molar-refractivity contribution in [1.82, 2.24) is 4.90 Å². The van der Waals surface area contributed by atoms with Gasteiger partial charge in [-0.25, -0.2) is 0 Å². The monoisotopic (exact) mass is 405 g/mol. The molecule has 0 unspecified atom stereocenters. The van der Waals surface area contributed by atoms with Gasteiger partial charge < -0.3 is 14.6 Å². The molecule has 1 aliphatic heterocycles. The lowest BCUT2D eigenvalue weighted by atomic mass is 9.93. The molecule has 4 nitrogen and oxygen atoms in total. The first-order chi connectivity index (χ1) is 13.0. The van der Waals surface area contributed by atoms with Crippen molar-refractivity contribution in [3.63, 3.8) is 0 Å². The van der Waals surface area contributed by atoms with Crippen LogP contribution < -0.4 is 9.47 Å². The van der Waals surface area contributed by atoms with Crippen molar-refractivity contribution in [2.45, 2.75) is 39.7 Å². The fourth-order valence-corrected chi connectivity index (χ4v) is 4.05. The summed E-state index contributed by atoms with van der Waals surface area (Å²) in [5.74, 6) is 2.59. The van der Waals surface area contributed by atoms with E-state index in [-0.39, 0.29) is 12.4 Å². The Bertz CT molecular complexity index is 792. The Morgan fingerprint density at radius 1 is 0.964 bits per heavy atom. The molecule has 2 aromatic rings. The van der Waals surface area contributed by atoms with Gasteiger partial charge in [0.1, 0.15) is 5.75 Å². The molecular formula is C23H32ClNO3. The van der Waals surface area contributed by atoms with Crippen LogP contribution in [0.4, 0.5) is 0 Å². The highest BCUT2D eigenvalue weighted by Crippen LogP contribution is 2.36. The van der Waals surface area contributed by atoms with Crippen molar-refractivity contribution in [2.75, 3.05) is 27.3 Å². The summed E-state index contributed by atoms with van der Waals surface area (Å²) < 4.78 is 11.3. The molecule has 0 aromatic heterocycles. The van der Waals surface area contributed by atoms with Gasteiger partial charge in [-0.1, -0.05) is 26.0 Å². The van der Waals surface area contributed by atoms with E-state index < -0.39 is 0 Å². The van der Waals surface area contributed by atoms with Crippen molar-refractivity contribution in [3.8, 4) is 17.2 Å². The highest BCUT2D eigenvalue weighted by atomic mass is 35.5. The Kier molecular flexibility index (Phi) is 8.02. The van der Waals surface area contributed by atoms with Crippen molar-refractivity contribution in [3.05, 3.63) is 52.6 Å². The third kappa shape index (κ3) is 5.12. The molecule has 0 fully saturated rings. The molecule has 154 valence electrons. The van der Waals surface area contributed by atoms with Gasteiger partial charge in [-0.05, 0) is 60.1 Å². The molecule has 2 aromatic carbocycles. The molecule has 0 saturated heterocycles. The standard InChI is InChI=1S/C23H31NO3.ClH/c1-16(2)14-24-12-11-19-13-20(25)9-7-17(19)5-6-18-8-10-22(26-3)23(27-4)21(18)15-24;/h7-10,13,16,25H,5-6,11-12,14-15H2,1-4H3;1H. The van der Waals surface area contributed by atoms with Crippen LogP contribution in [0.15, 0.2) is 30.3 Å². The average molecular weight is 406 g/mol. The van der Waals surface area contributed by atoms with E-state index in [0.717, 1.165) is 50.4 Å². The Labute approximate surface area is 174 Å². The zero-order valence-corrected chi connectivity index (χ0v) is 18.1. The number of nitrogens with zero attached hydrogens (tertiary/aromatic N) is 1. The quantitative estimate of drug-likeness (QED) is 0.805. The zero-order chi connectivity index (χ0) is 19.4. The Balaban J connectivity index is 0.00000280. The summed E-state index contributed by atoms with van der Waals surface area (Å²) in [6.07, 6.45) is 2.85. The van der Waals surface area contributed by atoms with Crippen LogP contribution in [0.25, 0.3) is 0 Å². The summed E-state index contributed by atoms with van der Waals surface area (Å²) in [5, 5.41) is 9.93. The maximum absolute atomic E-state index is 9.93. The van der Waals surface area contributed by atoms with Gasteiger partial charge in [-0.2, -0.15) is 0 Å². The molecule has 0 bridgehead atoms. The third-order valence-electron chi connectivity index (χ3n) is 5.30. The van der Waals surface area contributed by atoms with Crippen LogP contribution in [-0.2, 0) is 25.8 Å². The van der Waals surface area contributed by atoms with Crippen LogP contribution in [0.5, 0.6) is 17.2 Å². The molecule has 5 heteroatoms. The first-order valence-corrected chi connectivity index (χ1v) is 9.77. The summed E-state index contributed by atoms with van der Waals surface area (Å²) in [7, 11) is 3.42. The van der Waals surface area contributed by atoms with E-state index >= 15 is 0 Å². The maximum atomic E-state index is 9.93. The Morgan fingerprint density at radius 3 is 2.36 bits per heavy atom. The van der Waals surface area contributed by atoms with Gasteiger partial charge in [0.2, 0.25) is 0 Å². The van der Waals surface area contributed by atoms with Crippen LogP contribution in [-0.4, -0.2) is 37.3 Å². The van der Waals surface area contributed by atoms with Crippen LogP contribution in [0.2, 0.25) is 0 Å². The average Bonchev–Trinajstić information content (AvgIpc) is 2.64. The fraction of sp³-hybridized carbons (Fsp3) is 0.478. The summed E-state index contributed by atoms with van der Waals surface area (Å²) in [5.41, 5.74) is 5.12. The van der Waals surface area contributed by atoms with E-state index in [1.165, 1.54) is 22.3 Å². The molecule has 3 rings (SSSR count). The smallest absolute Gasteiger partial charge is 0.165 e. The molecule has 1 N–H and O–H groups in total. The SMILES string of the molecule is COc1ccc2c(c1OC)CN(CC(C)C)CCc1cc(O)ccc1CC2.Cl. The van der Waals surface area contributed by atoms with Gasteiger partial charge in [-0.3, -0.25) is 4.90 Å². The number of phenolic OH excluding ortho intramolecular Hbond substituents is 1. The van der Waals surface area contributed by atoms with Crippen molar-refractivity contribution < 1.29 is 14.6 Å². The summed E-state index contributed by atoms with van der Waals surface area (Å²) in [6.45, 7) is 7.33. The molecule has 0 spiro atoms. The van der Waals surface area contributed by atoms with Gasteiger partial charge in [-0.15, -0.1) is 12.4 Å². The molecule has 0 aliphatic carbocycles. The third-order valence-corrected chi connectivity index (χ3v) is 5.30. The molecule has 0 atom stereocenters. The van der Waals surface area contributed by atoms with Gasteiger partial charge >= 0.3 is 0 Å². The molecule has 0 amide bonds. The lowest BCUT2D eigenvalue weighted by Gasteiger charge is -2.28. The minimum atomic E-state index is 0. The summed E-state index contributed by atoms with van der Waals surface area (Å²) in [6, 6.07) is 9.98. The fourth-order valence-electron chi connectivity index (χ4n) is 4.05. The largest absolute Gasteiger partial charge is 0.508 e. The van der Waals surface area contributed by atoms with Gasteiger partial charge in [0, 0.05) is 25.2 Å². The predicted octanol–water partition coefficient (Wildman–Crippen LogP) is 4.63. The number of fused-ring (bicyclic) bond motifs is 2. The second-order valence-corrected chi connectivity index (χ2v) is 7.77. The number of methoxy groups -OCH3 is 2.